The number of pyridine rings is 1. The van der Waals surface area contributed by atoms with Crippen LogP contribution in [0.5, 0.6) is 11.6 Å². The molecule has 35 heavy (non-hydrogen) atoms. The number of sulfonamides is 1. The lowest BCUT2D eigenvalue weighted by Gasteiger charge is -2.36. The molecule has 1 saturated heterocycles. The van der Waals surface area contributed by atoms with Gasteiger partial charge in [0.15, 0.2) is 0 Å². The van der Waals surface area contributed by atoms with E-state index in [1.165, 1.54) is 7.11 Å². The van der Waals surface area contributed by atoms with Crippen molar-refractivity contribution in [2.45, 2.75) is 38.8 Å². The van der Waals surface area contributed by atoms with Crippen LogP contribution in [0.4, 0.5) is 5.69 Å². The molecule has 0 saturated carbocycles. The van der Waals surface area contributed by atoms with E-state index >= 15 is 0 Å². The van der Waals surface area contributed by atoms with Crippen LogP contribution < -0.4 is 14.2 Å². The molecule has 1 aromatic carbocycles. The highest BCUT2D eigenvalue weighted by Gasteiger charge is 2.27. The van der Waals surface area contributed by atoms with Crippen LogP contribution in [0.1, 0.15) is 25.0 Å². The normalized spacial score (nSPS) is 18.8. The zero-order valence-electron chi connectivity index (χ0n) is 20.5. The minimum absolute atomic E-state index is 0.124. The van der Waals surface area contributed by atoms with Gasteiger partial charge in [-0.25, -0.2) is 13.4 Å². The summed E-state index contributed by atoms with van der Waals surface area (Å²) in [6.07, 6.45) is 2.58. The Bertz CT molecular complexity index is 1160. The maximum Gasteiger partial charge on any atom is 0.238 e. The summed E-state index contributed by atoms with van der Waals surface area (Å²) < 4.78 is 49.1. The van der Waals surface area contributed by atoms with Crippen LogP contribution in [0.2, 0.25) is 0 Å². The lowest BCUT2D eigenvalue weighted by atomic mass is 10.0. The number of benzene rings is 1. The molecule has 0 spiro atoms. The van der Waals surface area contributed by atoms with Crippen LogP contribution in [0.25, 0.3) is 11.1 Å². The molecule has 0 aliphatic carbocycles. The van der Waals surface area contributed by atoms with E-state index in [0.717, 1.165) is 29.5 Å². The predicted molar refractivity (Wildman–Crippen MR) is 131 cm³/mol. The number of hydrogen-bond donors (Lipinski definition) is 2. The first-order valence-electron chi connectivity index (χ1n) is 11.5. The number of aliphatic hydroxyl groups is 1. The number of hydrogen-bond acceptors (Lipinski definition) is 9. The third-order valence-electron chi connectivity index (χ3n) is 5.74. The second kappa shape index (κ2) is 10.3. The summed E-state index contributed by atoms with van der Waals surface area (Å²) in [5, 5.41) is 10.1. The Morgan fingerprint density at radius 3 is 2.77 bits per heavy atom. The van der Waals surface area contributed by atoms with Crippen molar-refractivity contribution in [2.75, 3.05) is 50.9 Å². The van der Waals surface area contributed by atoms with Crippen LogP contribution >= 0.6 is 0 Å². The van der Waals surface area contributed by atoms with E-state index in [2.05, 4.69) is 14.6 Å². The SMILES string of the molecule is COc1ncc(-c2cc3c(c(OC[C@H]4CN(CC(C)(C)O)CCO4)c2)COC3)cc1NS(C)(=O)=O. The average Bonchev–Trinajstić information content (AvgIpc) is 3.24. The van der Waals surface area contributed by atoms with Gasteiger partial charge >= 0.3 is 0 Å². The number of ether oxygens (including phenoxy) is 4. The Hall–Kier alpha value is -2.44. The van der Waals surface area contributed by atoms with E-state index in [1.807, 2.05) is 12.1 Å². The number of rotatable bonds is 9. The number of nitrogens with zero attached hydrogens (tertiary/aromatic N) is 2. The van der Waals surface area contributed by atoms with Gasteiger partial charge < -0.3 is 24.1 Å². The fourth-order valence-corrected chi connectivity index (χ4v) is 4.90. The molecule has 2 aliphatic rings. The second-order valence-electron chi connectivity index (χ2n) is 9.61. The molecule has 3 heterocycles. The zero-order chi connectivity index (χ0) is 25.2. The molecular formula is C24H33N3O7S. The van der Waals surface area contributed by atoms with Crippen molar-refractivity contribution in [1.82, 2.24) is 9.88 Å². The van der Waals surface area contributed by atoms with E-state index in [-0.39, 0.29) is 17.7 Å². The third-order valence-corrected chi connectivity index (χ3v) is 6.33. The van der Waals surface area contributed by atoms with E-state index in [0.29, 0.717) is 50.8 Å². The Kier molecular flexibility index (Phi) is 7.53. The maximum atomic E-state index is 11.8. The predicted octanol–water partition coefficient (Wildman–Crippen LogP) is 2.01. The quantitative estimate of drug-likeness (QED) is 0.525. The molecule has 0 radical (unpaired) electrons. The van der Waals surface area contributed by atoms with E-state index < -0.39 is 15.6 Å². The fraction of sp³-hybridized carbons (Fsp3) is 0.542. The highest BCUT2D eigenvalue weighted by Crippen LogP contribution is 2.37. The van der Waals surface area contributed by atoms with Crippen LogP contribution in [0.15, 0.2) is 24.4 Å². The first-order chi connectivity index (χ1) is 16.5. The summed E-state index contributed by atoms with van der Waals surface area (Å²) in [5.74, 6) is 0.886. The number of β-amino-alcohol motifs (C(OH)–C–C–N with tert-alkyl or cyclic N) is 1. The van der Waals surface area contributed by atoms with Crippen molar-refractivity contribution in [1.29, 1.82) is 0 Å². The van der Waals surface area contributed by atoms with Crippen molar-refractivity contribution in [2.24, 2.45) is 0 Å². The first-order valence-corrected chi connectivity index (χ1v) is 13.3. The van der Waals surface area contributed by atoms with E-state index in [4.69, 9.17) is 18.9 Å². The van der Waals surface area contributed by atoms with Crippen LogP contribution in [-0.4, -0.2) is 81.3 Å². The molecule has 1 fully saturated rings. The van der Waals surface area contributed by atoms with Crippen molar-refractivity contribution in [3.63, 3.8) is 0 Å². The summed E-state index contributed by atoms with van der Waals surface area (Å²) in [5.41, 5.74) is 3.03. The molecule has 1 aromatic heterocycles. The van der Waals surface area contributed by atoms with Gasteiger partial charge in [0.25, 0.3) is 0 Å². The van der Waals surface area contributed by atoms with Gasteiger partial charge in [-0.2, -0.15) is 0 Å². The maximum absolute atomic E-state index is 11.8. The summed E-state index contributed by atoms with van der Waals surface area (Å²) in [6, 6.07) is 5.61. The molecule has 11 heteroatoms. The minimum Gasteiger partial charge on any atom is -0.490 e. The monoisotopic (exact) mass is 507 g/mol. The summed E-state index contributed by atoms with van der Waals surface area (Å²) in [4.78, 5) is 6.45. The minimum atomic E-state index is -3.51. The average molecular weight is 508 g/mol. The van der Waals surface area contributed by atoms with E-state index in [1.54, 1.807) is 26.1 Å². The highest BCUT2D eigenvalue weighted by atomic mass is 32.2. The first kappa shape index (κ1) is 25.6. The van der Waals surface area contributed by atoms with Crippen molar-refractivity contribution < 1.29 is 32.5 Å². The summed E-state index contributed by atoms with van der Waals surface area (Å²) in [6.45, 7) is 7.49. The van der Waals surface area contributed by atoms with Crippen LogP contribution in [0.3, 0.4) is 0 Å². The lowest BCUT2D eigenvalue weighted by Crippen LogP contribution is -2.49. The number of nitrogens with one attached hydrogen (secondary N) is 1. The molecule has 192 valence electrons. The Morgan fingerprint density at radius 1 is 1.26 bits per heavy atom. The number of morpholine rings is 1. The Balaban J connectivity index is 1.55. The van der Waals surface area contributed by atoms with Gasteiger partial charge in [-0.15, -0.1) is 0 Å². The van der Waals surface area contributed by atoms with Gasteiger partial charge in [0, 0.05) is 37.0 Å². The molecular weight excluding hydrogens is 474 g/mol. The number of aromatic nitrogens is 1. The topological polar surface area (TPSA) is 119 Å². The molecule has 10 nitrogen and oxygen atoms in total. The van der Waals surface area contributed by atoms with E-state index in [9.17, 15) is 13.5 Å². The Labute approximate surface area is 206 Å². The standard InChI is InChI=1S/C24H33N3O7S/c1-24(2,28)15-27-5-6-33-19(11-27)13-34-22-9-16(7-18-12-32-14-20(18)22)17-8-21(26-35(4,29)30)23(31-3)25-10-17/h7-10,19,26,28H,5-6,11-15H2,1-4H3/t19-/m1/s1. The second-order valence-corrected chi connectivity index (χ2v) is 11.4. The zero-order valence-corrected chi connectivity index (χ0v) is 21.4. The van der Waals surface area contributed by atoms with Gasteiger partial charge in [-0.1, -0.05) is 0 Å². The summed E-state index contributed by atoms with van der Waals surface area (Å²) >= 11 is 0. The molecule has 0 bridgehead atoms. The summed E-state index contributed by atoms with van der Waals surface area (Å²) in [7, 11) is -2.08. The largest absolute Gasteiger partial charge is 0.490 e. The van der Waals surface area contributed by atoms with Gasteiger partial charge in [0.05, 0.1) is 38.8 Å². The molecule has 0 unspecified atom stereocenters. The van der Waals surface area contributed by atoms with Crippen molar-refractivity contribution >= 4 is 15.7 Å². The molecule has 1 atom stereocenters. The van der Waals surface area contributed by atoms with Gasteiger partial charge in [-0.3, -0.25) is 9.62 Å². The number of anilines is 1. The molecule has 2 N–H and O–H groups in total. The van der Waals surface area contributed by atoms with Crippen LogP contribution in [0, 0.1) is 0 Å². The van der Waals surface area contributed by atoms with Crippen molar-refractivity contribution in [3.8, 4) is 22.8 Å². The Morgan fingerprint density at radius 2 is 2.06 bits per heavy atom. The van der Waals surface area contributed by atoms with Crippen LogP contribution in [-0.2, 0) is 32.7 Å². The molecule has 2 aromatic rings. The molecule has 4 rings (SSSR count). The molecule has 2 aliphatic heterocycles. The highest BCUT2D eigenvalue weighted by molar-refractivity contribution is 7.92. The third kappa shape index (κ3) is 6.83. The number of methoxy groups -OCH3 is 1. The van der Waals surface area contributed by atoms with Gasteiger partial charge in [-0.05, 0) is 43.2 Å². The molecule has 0 amide bonds. The lowest BCUT2D eigenvalue weighted by molar-refractivity contribution is -0.0685. The van der Waals surface area contributed by atoms with Gasteiger partial charge in [0.1, 0.15) is 24.1 Å². The number of fused-ring (bicyclic) bond motifs is 1. The van der Waals surface area contributed by atoms with Crippen molar-refractivity contribution in [3.05, 3.63) is 35.5 Å². The van der Waals surface area contributed by atoms with Gasteiger partial charge in [0.2, 0.25) is 15.9 Å². The fourth-order valence-electron chi connectivity index (χ4n) is 4.35. The smallest absolute Gasteiger partial charge is 0.238 e.